The summed E-state index contributed by atoms with van der Waals surface area (Å²) in [6.45, 7) is 3.69. The predicted molar refractivity (Wildman–Crippen MR) is 193 cm³/mol. The van der Waals surface area contributed by atoms with Gasteiger partial charge in [0.2, 0.25) is 15.9 Å². The number of hydrogen-bond donors (Lipinski definition) is 2. The number of thiazole rings is 1. The van der Waals surface area contributed by atoms with Crippen LogP contribution in [0.15, 0.2) is 35.7 Å². The molecule has 4 aliphatic rings. The fraction of sp³-hybridized carbons (Fsp3) is 0.528. The lowest BCUT2D eigenvalue weighted by molar-refractivity contribution is -0.140. The molecule has 1 saturated heterocycles. The highest BCUT2D eigenvalue weighted by molar-refractivity contribution is 7.91. The first-order valence-electron chi connectivity index (χ1n) is 17.7. The number of halogens is 3. The highest BCUT2D eigenvalue weighted by Crippen LogP contribution is 2.48. The second-order valence-corrected chi connectivity index (χ2v) is 17.8. The number of amides is 4. The number of aromatic nitrogens is 2. The van der Waals surface area contributed by atoms with Gasteiger partial charge in [-0.05, 0) is 64.5 Å². The molecule has 2 aliphatic carbocycles. The highest BCUT2D eigenvalue weighted by atomic mass is 32.2. The number of carbonyl (C=O) groups is 3. The van der Waals surface area contributed by atoms with Crippen molar-refractivity contribution in [2.45, 2.75) is 87.4 Å². The summed E-state index contributed by atoms with van der Waals surface area (Å²) in [5.74, 6) is -0.856. The van der Waals surface area contributed by atoms with Crippen molar-refractivity contribution in [2.75, 3.05) is 27.2 Å². The fourth-order valence-electron chi connectivity index (χ4n) is 7.11. The van der Waals surface area contributed by atoms with Crippen molar-refractivity contribution in [1.29, 1.82) is 0 Å². The van der Waals surface area contributed by atoms with Crippen molar-refractivity contribution < 1.29 is 45.4 Å². The van der Waals surface area contributed by atoms with E-state index in [1.807, 2.05) is 12.2 Å². The quantitative estimate of drug-likeness (QED) is 0.308. The summed E-state index contributed by atoms with van der Waals surface area (Å²) in [6, 6.07) is 3.21. The number of methoxy groups -OCH3 is 1. The summed E-state index contributed by atoms with van der Waals surface area (Å²) < 4.78 is 79.8. The van der Waals surface area contributed by atoms with Gasteiger partial charge in [0.1, 0.15) is 39.9 Å². The van der Waals surface area contributed by atoms with Crippen LogP contribution in [0.25, 0.3) is 21.6 Å². The molecule has 7 rings (SSSR count). The number of benzene rings is 1. The second-order valence-electron chi connectivity index (χ2n) is 14.8. The Labute approximate surface area is 314 Å². The number of likely N-dealkylation sites (N-methyl/N-ethyl adjacent to an activating group) is 1. The first-order chi connectivity index (χ1) is 25.5. The minimum atomic E-state index is -4.65. The van der Waals surface area contributed by atoms with Gasteiger partial charge in [0.05, 0.1) is 23.9 Å². The Kier molecular flexibility index (Phi) is 9.59. The normalized spacial score (nSPS) is 26.3. The number of aryl methyl sites for hydroxylation is 1. The van der Waals surface area contributed by atoms with Gasteiger partial charge in [-0.25, -0.2) is 23.2 Å². The van der Waals surface area contributed by atoms with Gasteiger partial charge in [0, 0.05) is 48.3 Å². The number of rotatable bonds is 7. The van der Waals surface area contributed by atoms with Gasteiger partial charge in [-0.1, -0.05) is 12.2 Å². The number of fused-ring (bicyclic) bond motifs is 3. The van der Waals surface area contributed by atoms with E-state index >= 15 is 0 Å². The molecule has 1 unspecified atom stereocenters. The first-order valence-corrected chi connectivity index (χ1v) is 20.1. The minimum absolute atomic E-state index is 0.0186. The fourth-order valence-corrected chi connectivity index (χ4v) is 9.21. The van der Waals surface area contributed by atoms with Crippen molar-refractivity contribution in [3.63, 3.8) is 0 Å². The number of sulfonamides is 1. The van der Waals surface area contributed by atoms with E-state index in [0.717, 1.165) is 23.1 Å². The molecule has 3 aromatic rings. The van der Waals surface area contributed by atoms with Gasteiger partial charge >= 0.3 is 12.2 Å². The molecule has 13 nitrogen and oxygen atoms in total. The van der Waals surface area contributed by atoms with Crippen LogP contribution in [-0.2, 0) is 25.8 Å². The number of urea groups is 1. The number of nitrogens with one attached hydrogen (secondary N) is 2. The van der Waals surface area contributed by atoms with Crippen LogP contribution in [0.2, 0.25) is 0 Å². The third-order valence-corrected chi connectivity index (χ3v) is 13.9. The Morgan fingerprint density at radius 3 is 2.59 bits per heavy atom. The number of alkyl halides is 3. The second kappa shape index (κ2) is 13.7. The van der Waals surface area contributed by atoms with Gasteiger partial charge in [0.25, 0.3) is 5.91 Å². The third kappa shape index (κ3) is 6.97. The number of pyridine rings is 1. The van der Waals surface area contributed by atoms with Crippen molar-refractivity contribution in [3.05, 3.63) is 47.0 Å². The van der Waals surface area contributed by atoms with E-state index < -0.39 is 62.2 Å². The van der Waals surface area contributed by atoms with Crippen LogP contribution in [-0.4, -0.2) is 95.7 Å². The Morgan fingerprint density at radius 2 is 1.91 bits per heavy atom. The number of ether oxygens (including phenoxy) is 2. The van der Waals surface area contributed by atoms with Gasteiger partial charge in [0.15, 0.2) is 5.69 Å². The summed E-state index contributed by atoms with van der Waals surface area (Å²) >= 11 is 0.784. The zero-order valence-electron chi connectivity index (χ0n) is 30.2. The van der Waals surface area contributed by atoms with Gasteiger partial charge in [-0.2, -0.15) is 13.2 Å². The summed E-state index contributed by atoms with van der Waals surface area (Å²) in [6.07, 6.45) is 1.56. The number of nitrogens with zero attached hydrogens (tertiary/aromatic N) is 4. The van der Waals surface area contributed by atoms with Gasteiger partial charge in [-0.15, -0.1) is 11.3 Å². The van der Waals surface area contributed by atoms with Crippen molar-refractivity contribution in [1.82, 2.24) is 29.8 Å². The SMILES string of the molecule is COc1ccc2c(O[C@H]3CC4C(=O)N(C)CCCC/C=C\[C@@H]5C[C@@]5(C(=O)NS(=O)(=O)C5(C)CC5)NC(=O)N4C3)cc(-c3nc(C(F)(F)F)cs3)nc2c1C. The van der Waals surface area contributed by atoms with Crippen LogP contribution in [0.3, 0.4) is 0 Å². The van der Waals surface area contributed by atoms with Crippen molar-refractivity contribution in [2.24, 2.45) is 5.92 Å². The molecule has 0 radical (unpaired) electrons. The van der Waals surface area contributed by atoms with E-state index in [9.17, 15) is 36.0 Å². The molecule has 4 heterocycles. The highest BCUT2D eigenvalue weighted by Gasteiger charge is 2.63. The molecule has 3 fully saturated rings. The molecule has 290 valence electrons. The molecular formula is C36H41F3N6O7S2. The molecule has 1 aromatic carbocycles. The number of carbonyl (C=O) groups excluding carboxylic acids is 3. The molecule has 2 saturated carbocycles. The molecule has 54 heavy (non-hydrogen) atoms. The Bertz CT molecular complexity index is 2150. The van der Waals surface area contributed by atoms with E-state index in [0.29, 0.717) is 54.4 Å². The summed E-state index contributed by atoms with van der Waals surface area (Å²) in [7, 11) is -0.852. The molecule has 2 N–H and O–H groups in total. The molecule has 2 aliphatic heterocycles. The standard InChI is InChI=1S/C36H41F3N6O7S2/c1-20-26(51-4)11-10-23-27(16-24(40-29(20)23)30-41-28(19-53-30)36(37,38)39)52-22-15-25-31(46)44(3)14-8-6-5-7-9-21-17-35(21,42-33(48)45(25)18-22)32(47)43-54(49,50)34(2)12-13-34/h7,9-11,16,19,21-22,25H,5-6,8,12-15,17-18H2,1-4H3,(H,42,48)(H,43,47)/b9-7-/t21-,22+,25?,35-/m1/s1. The lowest BCUT2D eigenvalue weighted by Crippen LogP contribution is -2.58. The largest absolute Gasteiger partial charge is 0.496 e. The summed E-state index contributed by atoms with van der Waals surface area (Å²) in [5, 5.41) is 4.27. The van der Waals surface area contributed by atoms with Crippen LogP contribution < -0.4 is 19.5 Å². The molecule has 0 bridgehead atoms. The Balaban J connectivity index is 1.21. The topological polar surface area (TPSA) is 160 Å². The molecule has 4 amide bonds. The number of hydrogen-bond acceptors (Lipinski definition) is 10. The summed E-state index contributed by atoms with van der Waals surface area (Å²) in [5.41, 5.74) is -1.43. The monoisotopic (exact) mass is 790 g/mol. The maximum Gasteiger partial charge on any atom is 0.434 e. The maximum absolute atomic E-state index is 14.2. The Morgan fingerprint density at radius 1 is 1.15 bits per heavy atom. The first kappa shape index (κ1) is 37.8. The van der Waals surface area contributed by atoms with Crippen LogP contribution in [0.5, 0.6) is 11.5 Å². The maximum atomic E-state index is 14.2. The van der Waals surface area contributed by atoms with E-state index in [1.165, 1.54) is 18.1 Å². The van der Waals surface area contributed by atoms with E-state index in [-0.39, 0.29) is 41.7 Å². The average Bonchev–Trinajstić information content (AvgIpc) is 3.88. The lowest BCUT2D eigenvalue weighted by atomic mass is 10.1. The van der Waals surface area contributed by atoms with Crippen LogP contribution >= 0.6 is 11.3 Å². The zero-order chi connectivity index (χ0) is 38.8. The summed E-state index contributed by atoms with van der Waals surface area (Å²) in [4.78, 5) is 53.2. The average molecular weight is 791 g/mol. The third-order valence-electron chi connectivity index (χ3n) is 10.9. The van der Waals surface area contributed by atoms with Crippen LogP contribution in [0.1, 0.15) is 63.1 Å². The van der Waals surface area contributed by atoms with E-state index in [1.54, 1.807) is 37.9 Å². The smallest absolute Gasteiger partial charge is 0.434 e. The van der Waals surface area contributed by atoms with Crippen LogP contribution in [0.4, 0.5) is 18.0 Å². The van der Waals surface area contributed by atoms with Gasteiger partial charge in [-0.3, -0.25) is 14.3 Å². The molecule has 18 heteroatoms. The molecular weight excluding hydrogens is 750 g/mol. The number of allylic oxidation sites excluding steroid dienone is 1. The molecule has 0 spiro atoms. The Hall–Kier alpha value is -4.45. The van der Waals surface area contributed by atoms with E-state index in [4.69, 9.17) is 9.47 Å². The molecule has 2 aromatic heterocycles. The van der Waals surface area contributed by atoms with Gasteiger partial charge < -0.3 is 24.6 Å². The zero-order valence-corrected chi connectivity index (χ0v) is 31.8. The minimum Gasteiger partial charge on any atom is -0.496 e. The van der Waals surface area contributed by atoms with Crippen molar-refractivity contribution in [3.8, 4) is 22.2 Å². The lowest BCUT2D eigenvalue weighted by Gasteiger charge is -2.30. The van der Waals surface area contributed by atoms with Crippen molar-refractivity contribution >= 4 is 50.1 Å². The van der Waals surface area contributed by atoms with Crippen LogP contribution in [0, 0.1) is 12.8 Å². The van der Waals surface area contributed by atoms with E-state index in [2.05, 4.69) is 20.0 Å². The predicted octanol–water partition coefficient (Wildman–Crippen LogP) is 5.18. The molecule has 4 atom stereocenters.